The van der Waals surface area contributed by atoms with E-state index in [1.807, 2.05) is 73.0 Å². The molecule has 0 aliphatic heterocycles. The van der Waals surface area contributed by atoms with Gasteiger partial charge in [0.1, 0.15) is 0 Å². The van der Waals surface area contributed by atoms with E-state index >= 15 is 0 Å². The summed E-state index contributed by atoms with van der Waals surface area (Å²) in [6.45, 7) is 1.96. The summed E-state index contributed by atoms with van der Waals surface area (Å²) >= 11 is 1.57. The molecule has 0 saturated carbocycles. The lowest BCUT2D eigenvalue weighted by Gasteiger charge is -2.08. The summed E-state index contributed by atoms with van der Waals surface area (Å²) in [6, 6.07) is 18.4. The Hall–Kier alpha value is -4.76. The standard InChI is InChI=1S/C28H24N6O2S/c1-18-14-26-23(17-25(18)32-27(35)16-22-6-3-13-37-22)24(33-34-26)8-7-19-4-2-5-21(15-19)31-28(36)30-20-9-11-29-12-10-20/h2-15,17H,16H2,1H3,(H,32,35)(H,33,34)(H2,29,30,31,36)/b8-7+. The number of fused-ring (bicyclic) bond motifs is 1. The second kappa shape index (κ2) is 10.9. The van der Waals surface area contributed by atoms with Crippen molar-refractivity contribution in [2.75, 3.05) is 16.0 Å². The van der Waals surface area contributed by atoms with Crippen LogP contribution in [0.15, 0.2) is 78.4 Å². The van der Waals surface area contributed by atoms with Crippen molar-refractivity contribution in [2.45, 2.75) is 13.3 Å². The smallest absolute Gasteiger partial charge is 0.323 e. The highest BCUT2D eigenvalue weighted by atomic mass is 32.1. The SMILES string of the molecule is Cc1cc2[nH]nc(/C=C/c3cccc(NC(=O)Nc4ccncc4)c3)c2cc1NC(=O)Cc1cccs1. The number of carbonyl (C=O) groups is 2. The van der Waals surface area contributed by atoms with Crippen LogP contribution in [0, 0.1) is 6.92 Å². The van der Waals surface area contributed by atoms with Gasteiger partial charge in [-0.05, 0) is 72.0 Å². The van der Waals surface area contributed by atoms with Gasteiger partial charge in [0, 0.05) is 39.7 Å². The number of rotatable bonds is 7. The molecule has 37 heavy (non-hydrogen) atoms. The van der Waals surface area contributed by atoms with E-state index in [0.29, 0.717) is 17.8 Å². The molecule has 0 aliphatic carbocycles. The van der Waals surface area contributed by atoms with Gasteiger partial charge in [0.05, 0.1) is 17.6 Å². The average molecular weight is 509 g/mol. The Bertz CT molecular complexity index is 1580. The monoisotopic (exact) mass is 508 g/mol. The molecule has 0 unspecified atom stereocenters. The lowest BCUT2D eigenvalue weighted by molar-refractivity contribution is -0.115. The minimum Gasteiger partial charge on any atom is -0.326 e. The number of H-pyrrole nitrogens is 1. The third-order valence-electron chi connectivity index (χ3n) is 5.64. The zero-order valence-corrected chi connectivity index (χ0v) is 20.8. The number of aromatic nitrogens is 3. The number of urea groups is 1. The number of benzene rings is 2. The van der Waals surface area contributed by atoms with Crippen molar-refractivity contribution in [3.8, 4) is 0 Å². The highest BCUT2D eigenvalue weighted by Gasteiger charge is 2.11. The Morgan fingerprint density at radius 3 is 2.59 bits per heavy atom. The number of nitrogens with one attached hydrogen (secondary N) is 4. The molecule has 4 N–H and O–H groups in total. The average Bonchev–Trinajstić information content (AvgIpc) is 3.53. The summed E-state index contributed by atoms with van der Waals surface area (Å²) in [5, 5.41) is 19.0. The van der Waals surface area contributed by atoms with Crippen molar-refractivity contribution in [2.24, 2.45) is 0 Å². The molecule has 5 rings (SSSR count). The van der Waals surface area contributed by atoms with E-state index in [2.05, 4.69) is 31.1 Å². The molecule has 3 aromatic heterocycles. The maximum absolute atomic E-state index is 12.5. The van der Waals surface area contributed by atoms with Crippen LogP contribution < -0.4 is 16.0 Å². The molecule has 2 aromatic carbocycles. The number of anilines is 3. The lowest BCUT2D eigenvalue weighted by Crippen LogP contribution is -2.19. The molecule has 0 spiro atoms. The Labute approximate surface area is 217 Å². The minimum absolute atomic E-state index is 0.0530. The highest BCUT2D eigenvalue weighted by molar-refractivity contribution is 7.10. The van der Waals surface area contributed by atoms with Crippen LogP contribution in [0.4, 0.5) is 21.9 Å². The van der Waals surface area contributed by atoms with Crippen LogP contribution in [0.3, 0.4) is 0 Å². The molecule has 8 nitrogen and oxygen atoms in total. The van der Waals surface area contributed by atoms with Crippen LogP contribution >= 0.6 is 11.3 Å². The first-order chi connectivity index (χ1) is 18.0. The number of pyridine rings is 1. The van der Waals surface area contributed by atoms with Crippen molar-refractivity contribution in [3.05, 3.63) is 100 Å². The molecule has 0 aliphatic rings. The van der Waals surface area contributed by atoms with E-state index in [-0.39, 0.29) is 11.9 Å². The van der Waals surface area contributed by atoms with Gasteiger partial charge in [-0.25, -0.2) is 4.79 Å². The molecule has 3 amide bonds. The quantitative estimate of drug-likeness (QED) is 0.206. The number of thiophene rings is 1. The Balaban J connectivity index is 1.29. The molecule has 5 aromatic rings. The number of hydrogen-bond donors (Lipinski definition) is 4. The maximum atomic E-state index is 12.5. The fourth-order valence-corrected chi connectivity index (χ4v) is 4.55. The number of aromatic amines is 1. The van der Waals surface area contributed by atoms with E-state index in [4.69, 9.17) is 0 Å². The van der Waals surface area contributed by atoms with Crippen LogP contribution in [0.1, 0.15) is 21.7 Å². The van der Waals surface area contributed by atoms with Gasteiger partial charge in [-0.2, -0.15) is 5.10 Å². The number of carbonyl (C=O) groups excluding carboxylic acids is 2. The molecular weight excluding hydrogens is 484 g/mol. The van der Waals surface area contributed by atoms with Gasteiger partial charge in [0.25, 0.3) is 0 Å². The summed E-state index contributed by atoms with van der Waals surface area (Å²) in [5.41, 5.74) is 5.56. The Morgan fingerprint density at radius 2 is 1.78 bits per heavy atom. The molecule has 0 radical (unpaired) electrons. The predicted molar refractivity (Wildman–Crippen MR) is 150 cm³/mol. The number of hydrogen-bond acceptors (Lipinski definition) is 5. The Morgan fingerprint density at radius 1 is 0.946 bits per heavy atom. The summed E-state index contributed by atoms with van der Waals surface area (Å²) < 4.78 is 0. The second-order valence-electron chi connectivity index (χ2n) is 8.40. The van der Waals surface area contributed by atoms with E-state index < -0.39 is 0 Å². The summed E-state index contributed by atoms with van der Waals surface area (Å²) in [5.74, 6) is -0.0530. The van der Waals surface area contributed by atoms with E-state index in [1.54, 1.807) is 35.9 Å². The number of amides is 3. The normalized spacial score (nSPS) is 11.1. The minimum atomic E-state index is -0.338. The van der Waals surface area contributed by atoms with Crippen molar-refractivity contribution >= 4 is 63.4 Å². The zero-order chi connectivity index (χ0) is 25.6. The van der Waals surface area contributed by atoms with E-state index in [9.17, 15) is 9.59 Å². The fraction of sp³-hybridized carbons (Fsp3) is 0.0714. The first-order valence-electron chi connectivity index (χ1n) is 11.6. The van der Waals surface area contributed by atoms with E-state index in [1.165, 1.54) is 0 Å². The predicted octanol–water partition coefficient (Wildman–Crippen LogP) is 6.32. The summed E-state index contributed by atoms with van der Waals surface area (Å²) in [4.78, 5) is 29.8. The molecule has 3 heterocycles. The molecule has 0 saturated heterocycles. The fourth-order valence-electron chi connectivity index (χ4n) is 3.84. The van der Waals surface area contributed by atoms with Gasteiger partial charge < -0.3 is 16.0 Å². The highest BCUT2D eigenvalue weighted by Crippen LogP contribution is 2.26. The van der Waals surface area contributed by atoms with Crippen molar-refractivity contribution in [1.82, 2.24) is 15.2 Å². The molecule has 9 heteroatoms. The zero-order valence-electron chi connectivity index (χ0n) is 20.0. The van der Waals surface area contributed by atoms with Gasteiger partial charge in [0.15, 0.2) is 0 Å². The van der Waals surface area contributed by atoms with Gasteiger partial charge in [-0.1, -0.05) is 24.3 Å². The van der Waals surface area contributed by atoms with Gasteiger partial charge in [-0.3, -0.25) is 14.9 Å². The third kappa shape index (κ3) is 6.09. The first-order valence-corrected chi connectivity index (χ1v) is 12.5. The van der Waals surface area contributed by atoms with Crippen LogP contribution in [0.25, 0.3) is 23.1 Å². The summed E-state index contributed by atoms with van der Waals surface area (Å²) in [7, 11) is 0. The van der Waals surface area contributed by atoms with Crippen molar-refractivity contribution in [3.63, 3.8) is 0 Å². The Kier molecular flexibility index (Phi) is 7.05. The van der Waals surface area contributed by atoms with Crippen LogP contribution in [-0.4, -0.2) is 27.1 Å². The molecular formula is C28H24N6O2S. The van der Waals surface area contributed by atoms with Gasteiger partial charge in [0.2, 0.25) is 5.91 Å². The number of nitrogens with zero attached hydrogens (tertiary/aromatic N) is 2. The first kappa shape index (κ1) is 24.0. The van der Waals surface area contributed by atoms with Crippen LogP contribution in [0.2, 0.25) is 0 Å². The topological polar surface area (TPSA) is 112 Å². The van der Waals surface area contributed by atoms with Crippen molar-refractivity contribution < 1.29 is 9.59 Å². The molecule has 0 bridgehead atoms. The maximum Gasteiger partial charge on any atom is 0.323 e. The van der Waals surface area contributed by atoms with Gasteiger partial charge in [-0.15, -0.1) is 11.3 Å². The molecule has 0 atom stereocenters. The molecule has 0 fully saturated rings. The number of aryl methyl sites for hydroxylation is 1. The van der Waals surface area contributed by atoms with E-state index in [0.717, 1.165) is 38.3 Å². The van der Waals surface area contributed by atoms with Crippen LogP contribution in [-0.2, 0) is 11.2 Å². The van der Waals surface area contributed by atoms with Crippen LogP contribution in [0.5, 0.6) is 0 Å². The lowest BCUT2D eigenvalue weighted by atomic mass is 10.1. The largest absolute Gasteiger partial charge is 0.326 e. The second-order valence-corrected chi connectivity index (χ2v) is 9.43. The van der Waals surface area contributed by atoms with Crippen molar-refractivity contribution in [1.29, 1.82) is 0 Å². The third-order valence-corrected chi connectivity index (χ3v) is 6.52. The summed E-state index contributed by atoms with van der Waals surface area (Å²) in [6.07, 6.45) is 7.41. The van der Waals surface area contributed by atoms with Gasteiger partial charge >= 0.3 is 6.03 Å². The molecule has 184 valence electrons.